The molecule has 1 saturated heterocycles. The zero-order chi connectivity index (χ0) is 23.1. The van der Waals surface area contributed by atoms with E-state index in [4.69, 9.17) is 27.9 Å². The first-order chi connectivity index (χ1) is 15.3. The summed E-state index contributed by atoms with van der Waals surface area (Å²) < 4.78 is 5.39. The molecule has 2 N–H and O–H groups in total. The molecule has 32 heavy (non-hydrogen) atoms. The molecule has 8 heteroatoms. The average molecular weight is 478 g/mol. The van der Waals surface area contributed by atoms with Gasteiger partial charge in [-0.25, -0.2) is 0 Å². The van der Waals surface area contributed by atoms with E-state index in [1.54, 1.807) is 12.1 Å². The SMILES string of the molecule is CC(C)[C@H](NC(=O)c1ccc(Cl)cc1Cl)C(=O)NCc1ccc(CN2CCOCC2)cc1. The van der Waals surface area contributed by atoms with E-state index in [0.717, 1.165) is 38.4 Å². The number of hydrogen-bond donors (Lipinski definition) is 2. The summed E-state index contributed by atoms with van der Waals surface area (Å²) >= 11 is 12.0. The number of benzene rings is 2. The van der Waals surface area contributed by atoms with E-state index in [1.165, 1.54) is 11.6 Å². The fourth-order valence-electron chi connectivity index (χ4n) is 3.51. The Kier molecular flexibility index (Phi) is 8.93. The van der Waals surface area contributed by atoms with Crippen molar-refractivity contribution in [2.24, 2.45) is 5.92 Å². The highest BCUT2D eigenvalue weighted by molar-refractivity contribution is 6.36. The third-order valence-corrected chi connectivity index (χ3v) is 5.96. The van der Waals surface area contributed by atoms with Gasteiger partial charge in [0.2, 0.25) is 5.91 Å². The predicted molar refractivity (Wildman–Crippen MR) is 127 cm³/mol. The summed E-state index contributed by atoms with van der Waals surface area (Å²) in [6.45, 7) is 8.50. The average Bonchev–Trinajstić information content (AvgIpc) is 2.77. The number of carbonyl (C=O) groups is 2. The molecule has 1 aliphatic heterocycles. The van der Waals surface area contributed by atoms with Crippen molar-refractivity contribution in [2.75, 3.05) is 26.3 Å². The summed E-state index contributed by atoms with van der Waals surface area (Å²) in [4.78, 5) is 27.8. The molecule has 0 aromatic heterocycles. The number of rotatable bonds is 8. The smallest absolute Gasteiger partial charge is 0.253 e. The molecule has 0 bridgehead atoms. The van der Waals surface area contributed by atoms with Crippen molar-refractivity contribution in [3.63, 3.8) is 0 Å². The van der Waals surface area contributed by atoms with Crippen LogP contribution in [0.25, 0.3) is 0 Å². The fourth-order valence-corrected chi connectivity index (χ4v) is 4.00. The molecule has 1 atom stereocenters. The van der Waals surface area contributed by atoms with Crippen molar-refractivity contribution in [3.05, 3.63) is 69.2 Å². The highest BCUT2D eigenvalue weighted by atomic mass is 35.5. The molecular formula is C24H29Cl2N3O3. The number of nitrogens with one attached hydrogen (secondary N) is 2. The van der Waals surface area contributed by atoms with E-state index in [9.17, 15) is 9.59 Å². The number of nitrogens with zero attached hydrogens (tertiary/aromatic N) is 1. The lowest BCUT2D eigenvalue weighted by atomic mass is 10.0. The number of carbonyl (C=O) groups excluding carboxylic acids is 2. The Morgan fingerprint density at radius 1 is 1.03 bits per heavy atom. The highest BCUT2D eigenvalue weighted by Gasteiger charge is 2.25. The van der Waals surface area contributed by atoms with E-state index in [0.29, 0.717) is 11.6 Å². The van der Waals surface area contributed by atoms with Gasteiger partial charge in [-0.2, -0.15) is 0 Å². The van der Waals surface area contributed by atoms with E-state index in [-0.39, 0.29) is 22.4 Å². The normalized spacial score (nSPS) is 15.4. The molecule has 2 aromatic carbocycles. The van der Waals surface area contributed by atoms with Crippen LogP contribution in [0.1, 0.15) is 35.3 Å². The molecule has 2 aromatic rings. The first-order valence-corrected chi connectivity index (χ1v) is 11.5. The molecule has 1 aliphatic rings. The van der Waals surface area contributed by atoms with Gasteiger partial charge in [-0.1, -0.05) is 61.3 Å². The molecule has 2 amide bonds. The number of morpholine rings is 1. The Bertz CT molecular complexity index is 929. The van der Waals surface area contributed by atoms with E-state index < -0.39 is 11.9 Å². The van der Waals surface area contributed by atoms with E-state index in [1.807, 2.05) is 26.0 Å². The van der Waals surface area contributed by atoms with Crippen LogP contribution < -0.4 is 10.6 Å². The van der Waals surface area contributed by atoms with E-state index in [2.05, 4.69) is 27.7 Å². The lowest BCUT2D eigenvalue weighted by Crippen LogP contribution is -2.49. The van der Waals surface area contributed by atoms with Gasteiger partial charge in [-0.05, 0) is 35.2 Å². The monoisotopic (exact) mass is 477 g/mol. The molecular weight excluding hydrogens is 449 g/mol. The summed E-state index contributed by atoms with van der Waals surface area (Å²) in [6.07, 6.45) is 0. The molecule has 0 saturated carbocycles. The van der Waals surface area contributed by atoms with E-state index >= 15 is 0 Å². The molecule has 1 fully saturated rings. The lowest BCUT2D eigenvalue weighted by Gasteiger charge is -2.26. The molecule has 0 spiro atoms. The Hall–Kier alpha value is -2.12. The summed E-state index contributed by atoms with van der Waals surface area (Å²) in [6, 6.07) is 12.2. The maximum Gasteiger partial charge on any atom is 0.253 e. The molecule has 6 nitrogen and oxygen atoms in total. The lowest BCUT2D eigenvalue weighted by molar-refractivity contribution is -0.124. The quantitative estimate of drug-likeness (QED) is 0.604. The second-order valence-corrected chi connectivity index (χ2v) is 9.09. The van der Waals surface area contributed by atoms with Gasteiger partial charge in [0, 0.05) is 31.2 Å². The number of amides is 2. The number of halogens is 2. The summed E-state index contributed by atoms with van der Waals surface area (Å²) in [5, 5.41) is 6.41. The van der Waals surface area contributed by atoms with Crippen LogP contribution in [0.4, 0.5) is 0 Å². The maximum absolute atomic E-state index is 12.8. The van der Waals surface area contributed by atoms with Crippen molar-refractivity contribution in [1.82, 2.24) is 15.5 Å². The van der Waals surface area contributed by atoms with Gasteiger partial charge in [0.25, 0.3) is 5.91 Å². The van der Waals surface area contributed by atoms with Crippen LogP contribution in [-0.4, -0.2) is 49.1 Å². The van der Waals surface area contributed by atoms with Gasteiger partial charge < -0.3 is 15.4 Å². The van der Waals surface area contributed by atoms with Crippen molar-refractivity contribution in [1.29, 1.82) is 0 Å². The van der Waals surface area contributed by atoms with Crippen LogP contribution >= 0.6 is 23.2 Å². The van der Waals surface area contributed by atoms with Crippen molar-refractivity contribution < 1.29 is 14.3 Å². The Morgan fingerprint density at radius 2 is 1.69 bits per heavy atom. The minimum atomic E-state index is -0.685. The summed E-state index contributed by atoms with van der Waals surface area (Å²) in [5.41, 5.74) is 2.51. The highest BCUT2D eigenvalue weighted by Crippen LogP contribution is 2.21. The van der Waals surface area contributed by atoms with Gasteiger partial charge in [0.15, 0.2) is 0 Å². The number of hydrogen-bond acceptors (Lipinski definition) is 4. The molecule has 0 unspecified atom stereocenters. The Balaban J connectivity index is 1.54. The minimum Gasteiger partial charge on any atom is -0.379 e. The molecule has 172 valence electrons. The van der Waals surface area contributed by atoms with Crippen molar-refractivity contribution >= 4 is 35.0 Å². The molecule has 0 aliphatic carbocycles. The van der Waals surface area contributed by atoms with Crippen LogP contribution in [0.3, 0.4) is 0 Å². The van der Waals surface area contributed by atoms with Gasteiger partial charge in [-0.3, -0.25) is 14.5 Å². The predicted octanol–water partition coefficient (Wildman–Crippen LogP) is 3.90. The van der Waals surface area contributed by atoms with Crippen LogP contribution in [0, 0.1) is 5.92 Å². The zero-order valence-corrected chi connectivity index (χ0v) is 19.9. The van der Waals surface area contributed by atoms with Gasteiger partial charge >= 0.3 is 0 Å². The van der Waals surface area contributed by atoms with Crippen LogP contribution in [0.15, 0.2) is 42.5 Å². The maximum atomic E-state index is 12.8. The zero-order valence-electron chi connectivity index (χ0n) is 18.4. The van der Waals surface area contributed by atoms with Crippen LogP contribution in [0.2, 0.25) is 10.0 Å². The third-order valence-electron chi connectivity index (χ3n) is 5.41. The van der Waals surface area contributed by atoms with Crippen molar-refractivity contribution in [3.8, 4) is 0 Å². The van der Waals surface area contributed by atoms with Crippen molar-refractivity contribution in [2.45, 2.75) is 33.0 Å². The Morgan fingerprint density at radius 3 is 2.31 bits per heavy atom. The van der Waals surface area contributed by atoms with Gasteiger partial charge in [0.05, 0.1) is 23.8 Å². The summed E-state index contributed by atoms with van der Waals surface area (Å²) in [5.74, 6) is -0.746. The third kappa shape index (κ3) is 6.94. The largest absolute Gasteiger partial charge is 0.379 e. The van der Waals surface area contributed by atoms with Gasteiger partial charge in [0.1, 0.15) is 6.04 Å². The molecule has 0 radical (unpaired) electrons. The first-order valence-electron chi connectivity index (χ1n) is 10.7. The summed E-state index contributed by atoms with van der Waals surface area (Å²) in [7, 11) is 0. The number of ether oxygens (including phenoxy) is 1. The molecule has 1 heterocycles. The van der Waals surface area contributed by atoms with Gasteiger partial charge in [-0.15, -0.1) is 0 Å². The van der Waals surface area contributed by atoms with Crippen LogP contribution in [-0.2, 0) is 22.6 Å². The Labute approximate surface area is 199 Å². The first kappa shape index (κ1) is 24.5. The standard InChI is InChI=1S/C24H29Cl2N3O3/c1-16(2)22(28-23(30)20-8-7-19(25)13-21(20)26)24(31)27-14-17-3-5-18(6-4-17)15-29-9-11-32-12-10-29/h3-8,13,16,22H,9-12,14-15H2,1-2H3,(H,27,31)(H,28,30)/t22-/m0/s1. The molecule has 3 rings (SSSR count). The second-order valence-electron chi connectivity index (χ2n) is 8.24. The topological polar surface area (TPSA) is 70.7 Å². The second kappa shape index (κ2) is 11.7. The minimum absolute atomic E-state index is 0.0964. The van der Waals surface area contributed by atoms with Crippen LogP contribution in [0.5, 0.6) is 0 Å². The fraction of sp³-hybridized carbons (Fsp3) is 0.417.